The molecule has 0 aromatic heterocycles. The topological polar surface area (TPSA) is 119 Å². The van der Waals surface area contributed by atoms with E-state index in [1.165, 1.54) is 20.8 Å². The first-order valence-corrected chi connectivity index (χ1v) is 8.07. The van der Waals surface area contributed by atoms with Gasteiger partial charge in [-0.1, -0.05) is 0 Å². The van der Waals surface area contributed by atoms with Crippen molar-refractivity contribution >= 4 is 17.8 Å². The molecule has 2 amide bonds. The SMILES string of the molecule is CC1(C)OCC(C)(C(=O)NCC(=O)c2ccc(O)c(C(F)(F)F)c2)N1C(=O)[O-]. The summed E-state index contributed by atoms with van der Waals surface area (Å²) in [4.78, 5) is 36.8. The van der Waals surface area contributed by atoms with Crippen LogP contribution in [0.1, 0.15) is 36.7 Å². The van der Waals surface area contributed by atoms with E-state index in [-0.39, 0.29) is 12.2 Å². The minimum absolute atomic E-state index is 0.300. The van der Waals surface area contributed by atoms with Crippen LogP contribution in [0.2, 0.25) is 0 Å². The molecule has 1 heterocycles. The van der Waals surface area contributed by atoms with Crippen LogP contribution in [0.25, 0.3) is 0 Å². The van der Waals surface area contributed by atoms with E-state index in [2.05, 4.69) is 5.32 Å². The Balaban J connectivity index is 2.15. The summed E-state index contributed by atoms with van der Waals surface area (Å²) in [5.41, 5.74) is -4.79. The van der Waals surface area contributed by atoms with Gasteiger partial charge in [0.15, 0.2) is 5.78 Å². The van der Waals surface area contributed by atoms with E-state index in [9.17, 15) is 37.8 Å². The van der Waals surface area contributed by atoms with Gasteiger partial charge in [0.2, 0.25) is 5.91 Å². The highest BCUT2D eigenvalue weighted by molar-refractivity contribution is 6.01. The standard InChI is InChI=1S/C17H19F3N2O6/c1-15(2)22(14(26)27)16(3,8-28-15)13(25)21-7-12(24)9-4-5-11(23)10(6-9)17(18,19)20/h4-6,23H,7-8H2,1-3H3,(H,21,25)(H,26,27)/p-1. The van der Waals surface area contributed by atoms with Crippen LogP contribution in [0.4, 0.5) is 18.0 Å². The van der Waals surface area contributed by atoms with Gasteiger partial charge in [-0.2, -0.15) is 13.2 Å². The van der Waals surface area contributed by atoms with Gasteiger partial charge in [0, 0.05) is 5.56 Å². The highest BCUT2D eigenvalue weighted by Gasteiger charge is 2.53. The Labute approximate surface area is 157 Å². The van der Waals surface area contributed by atoms with E-state index in [0.29, 0.717) is 11.0 Å². The highest BCUT2D eigenvalue weighted by atomic mass is 19.4. The molecule has 28 heavy (non-hydrogen) atoms. The molecule has 1 aliphatic heterocycles. The predicted molar refractivity (Wildman–Crippen MR) is 86.1 cm³/mol. The van der Waals surface area contributed by atoms with Gasteiger partial charge in [-0.05, 0) is 39.0 Å². The van der Waals surface area contributed by atoms with Crippen LogP contribution < -0.4 is 10.4 Å². The zero-order chi connectivity index (χ0) is 21.5. The molecule has 1 aliphatic rings. The molecule has 1 aromatic carbocycles. The van der Waals surface area contributed by atoms with Crippen molar-refractivity contribution in [2.24, 2.45) is 0 Å². The van der Waals surface area contributed by atoms with Crippen molar-refractivity contribution in [2.45, 2.75) is 38.2 Å². The number of hydrogen-bond donors (Lipinski definition) is 2. The van der Waals surface area contributed by atoms with E-state index in [1.54, 1.807) is 0 Å². The quantitative estimate of drug-likeness (QED) is 0.721. The van der Waals surface area contributed by atoms with Crippen molar-refractivity contribution in [2.75, 3.05) is 13.2 Å². The molecule has 1 fully saturated rings. The number of nitrogens with zero attached hydrogens (tertiary/aromatic N) is 1. The molecule has 0 bridgehead atoms. The lowest BCUT2D eigenvalue weighted by atomic mass is 9.99. The van der Waals surface area contributed by atoms with Crippen LogP contribution in [0.15, 0.2) is 18.2 Å². The van der Waals surface area contributed by atoms with E-state index in [4.69, 9.17) is 4.74 Å². The van der Waals surface area contributed by atoms with Crippen LogP contribution in [0, 0.1) is 0 Å². The van der Waals surface area contributed by atoms with Crippen LogP contribution >= 0.6 is 0 Å². The fourth-order valence-electron chi connectivity index (χ4n) is 3.02. The zero-order valence-electron chi connectivity index (χ0n) is 15.2. The number of hydrogen-bond acceptors (Lipinski definition) is 6. The number of ketones is 1. The van der Waals surface area contributed by atoms with Crippen LogP contribution in [0.3, 0.4) is 0 Å². The molecule has 1 saturated heterocycles. The monoisotopic (exact) mass is 403 g/mol. The molecule has 11 heteroatoms. The summed E-state index contributed by atoms with van der Waals surface area (Å²) in [6.07, 6.45) is -6.52. The lowest BCUT2D eigenvalue weighted by Gasteiger charge is -2.40. The Morgan fingerprint density at radius 2 is 1.89 bits per heavy atom. The Morgan fingerprint density at radius 1 is 1.29 bits per heavy atom. The number of ether oxygens (including phenoxy) is 1. The third-order valence-corrected chi connectivity index (χ3v) is 4.44. The first-order chi connectivity index (χ1) is 12.7. The number of carbonyl (C=O) groups is 3. The van der Waals surface area contributed by atoms with E-state index < -0.39 is 53.1 Å². The largest absolute Gasteiger partial charge is 0.530 e. The molecular weight excluding hydrogens is 385 g/mol. The number of aromatic hydroxyl groups is 1. The van der Waals surface area contributed by atoms with Crippen molar-refractivity contribution in [1.82, 2.24) is 10.2 Å². The number of benzene rings is 1. The molecule has 0 aliphatic carbocycles. The Bertz CT molecular complexity index is 824. The van der Waals surface area contributed by atoms with Crippen molar-refractivity contribution in [3.63, 3.8) is 0 Å². The fraction of sp³-hybridized carbons (Fsp3) is 0.471. The van der Waals surface area contributed by atoms with Gasteiger partial charge in [0.25, 0.3) is 0 Å². The van der Waals surface area contributed by atoms with Gasteiger partial charge in [-0.25, -0.2) is 0 Å². The molecule has 8 nitrogen and oxygen atoms in total. The smallest absolute Gasteiger partial charge is 0.419 e. The van der Waals surface area contributed by atoms with Gasteiger partial charge in [-0.3, -0.25) is 9.59 Å². The van der Waals surface area contributed by atoms with Gasteiger partial charge >= 0.3 is 6.18 Å². The second-order valence-corrected chi connectivity index (χ2v) is 6.95. The zero-order valence-corrected chi connectivity index (χ0v) is 15.2. The van der Waals surface area contributed by atoms with Crippen LogP contribution in [0.5, 0.6) is 5.75 Å². The molecule has 0 saturated carbocycles. The molecule has 154 valence electrons. The second kappa shape index (κ2) is 6.97. The van der Waals surface area contributed by atoms with E-state index >= 15 is 0 Å². The van der Waals surface area contributed by atoms with Crippen molar-refractivity contribution < 1.29 is 42.5 Å². The van der Waals surface area contributed by atoms with Crippen LogP contribution in [-0.2, 0) is 15.7 Å². The third kappa shape index (κ3) is 3.88. The molecule has 2 N–H and O–H groups in total. The summed E-state index contributed by atoms with van der Waals surface area (Å²) in [5, 5.41) is 22.9. The summed E-state index contributed by atoms with van der Waals surface area (Å²) in [5.74, 6) is -2.76. The molecule has 1 aromatic rings. The van der Waals surface area contributed by atoms with Gasteiger partial charge < -0.3 is 30.0 Å². The number of alkyl halides is 3. The lowest BCUT2D eigenvalue weighted by Crippen LogP contribution is -2.64. The number of nitrogens with one attached hydrogen (secondary N) is 1. The minimum Gasteiger partial charge on any atom is -0.530 e. The summed E-state index contributed by atoms with van der Waals surface area (Å²) in [6, 6.07) is 2.18. The number of phenolic OH excluding ortho intramolecular Hbond substituents is 1. The molecule has 2 rings (SSSR count). The van der Waals surface area contributed by atoms with Crippen molar-refractivity contribution in [3.8, 4) is 5.75 Å². The Hall–Kier alpha value is -2.82. The second-order valence-electron chi connectivity index (χ2n) is 6.95. The maximum absolute atomic E-state index is 12.8. The molecule has 0 spiro atoms. The summed E-state index contributed by atoms with van der Waals surface area (Å²) in [7, 11) is 0. The number of halogens is 3. The average Bonchev–Trinajstić information content (AvgIpc) is 2.82. The molecule has 0 radical (unpaired) electrons. The lowest BCUT2D eigenvalue weighted by molar-refractivity contribution is -0.278. The molecular formula is C17H18F3N2O6-. The predicted octanol–water partition coefficient (Wildman–Crippen LogP) is 0.880. The van der Waals surface area contributed by atoms with Gasteiger partial charge in [0.05, 0.1) is 18.7 Å². The number of rotatable bonds is 4. The normalized spacial score (nSPS) is 21.4. The number of carbonyl (C=O) groups excluding carboxylic acids is 3. The first kappa shape index (κ1) is 21.5. The summed E-state index contributed by atoms with van der Waals surface area (Å²) >= 11 is 0. The molecule has 1 atom stereocenters. The highest BCUT2D eigenvalue weighted by Crippen LogP contribution is 2.36. The number of carboxylic acid groups (broad SMARTS) is 1. The Kier molecular flexibility index (Phi) is 5.35. The van der Waals surface area contributed by atoms with Gasteiger partial charge in [0.1, 0.15) is 23.1 Å². The van der Waals surface area contributed by atoms with Crippen LogP contribution in [-0.4, -0.2) is 52.2 Å². The first-order valence-electron chi connectivity index (χ1n) is 8.07. The summed E-state index contributed by atoms with van der Waals surface area (Å²) in [6.45, 7) is 3.13. The maximum atomic E-state index is 12.8. The summed E-state index contributed by atoms with van der Waals surface area (Å²) < 4.78 is 43.8. The van der Waals surface area contributed by atoms with Gasteiger partial charge in [-0.15, -0.1) is 0 Å². The van der Waals surface area contributed by atoms with Crippen molar-refractivity contribution in [1.29, 1.82) is 0 Å². The number of amides is 2. The minimum atomic E-state index is -4.86. The van der Waals surface area contributed by atoms with E-state index in [1.807, 2.05) is 0 Å². The van der Waals surface area contributed by atoms with E-state index in [0.717, 1.165) is 12.1 Å². The molecule has 1 unspecified atom stereocenters. The number of Topliss-reactive ketones (excluding diaryl/α,β-unsaturated/α-hetero) is 1. The number of phenols is 1. The maximum Gasteiger partial charge on any atom is 0.419 e. The Morgan fingerprint density at radius 3 is 2.43 bits per heavy atom. The average molecular weight is 403 g/mol. The fourth-order valence-corrected chi connectivity index (χ4v) is 3.02. The third-order valence-electron chi connectivity index (χ3n) is 4.44. The van der Waals surface area contributed by atoms with Crippen molar-refractivity contribution in [3.05, 3.63) is 29.3 Å².